The Kier molecular flexibility index (Phi) is 23.7. The molecule has 0 bridgehead atoms. The van der Waals surface area contributed by atoms with Crippen LogP contribution in [-0.4, -0.2) is 0 Å². The van der Waals surface area contributed by atoms with Gasteiger partial charge in [-0.25, -0.2) is 0 Å². The van der Waals surface area contributed by atoms with Crippen LogP contribution in [0.4, 0.5) is 0 Å². The highest BCUT2D eigenvalue weighted by atomic mass is 32.1. The Hall–Kier alpha value is -11.7. The molecule has 0 spiro atoms. The number of rotatable bonds is 3. The quantitative estimate of drug-likeness (QED) is 0.176. The fourth-order valence-electron chi connectivity index (χ4n) is 12.5. The van der Waals surface area contributed by atoms with E-state index < -0.39 is 0 Å². The van der Waals surface area contributed by atoms with E-state index in [2.05, 4.69) is 334 Å². The molecule has 19 rings (SSSR count). The van der Waals surface area contributed by atoms with E-state index in [9.17, 15) is 0 Å². The molecule has 0 unspecified atom stereocenters. The second-order valence-corrected chi connectivity index (χ2v) is 27.8. The summed E-state index contributed by atoms with van der Waals surface area (Å²) < 4.78 is 17.0. The Morgan fingerprint density at radius 2 is 0.559 bits per heavy atom. The summed E-state index contributed by atoms with van der Waals surface area (Å²) in [6, 6.07) is 126. The van der Waals surface area contributed by atoms with Crippen molar-refractivity contribution in [2.24, 2.45) is 0 Å². The molecule has 0 saturated carbocycles. The summed E-state index contributed by atoms with van der Waals surface area (Å²) in [6.07, 6.45) is 0. The monoisotopic (exact) mass is 1360 g/mol. The number of fused-ring (bicyclic) bond motifs is 12. The number of para-hydroxylation sites is 2. The number of aryl methyl sites for hydroxylation is 8. The van der Waals surface area contributed by atoms with Crippen LogP contribution in [0, 0.1) is 55.4 Å². The molecule has 0 aliphatic rings. The van der Waals surface area contributed by atoms with Gasteiger partial charge in [-0.15, -0.1) is 22.7 Å². The molecular weight excluding hydrogens is 1270 g/mol. The SMILES string of the molecule is Cc1ccc(-c2ccccc2)cc1.Cc1ccc2c(c1)oc1ccccc12.Cc1ccc2c(c1)sc1ccccc12.Cc1cccc(-c2ccccc2)c1.Cc1cccc2oc3ccccc3c12.Cc1cccc2sc3ccccc3c12.Cc1ccccc1.Cc1ccccc1-c1ccccc1. The van der Waals surface area contributed by atoms with Gasteiger partial charge in [0.05, 0.1) is 0 Å². The zero-order valence-electron chi connectivity index (χ0n) is 59.3. The maximum atomic E-state index is 5.73. The average Bonchev–Trinajstić information content (AvgIpc) is 1.66. The van der Waals surface area contributed by atoms with E-state index in [1.807, 2.05) is 108 Å². The Balaban J connectivity index is 0.000000111. The molecule has 4 heterocycles. The molecule has 4 heteroatoms. The van der Waals surface area contributed by atoms with Gasteiger partial charge >= 0.3 is 0 Å². The van der Waals surface area contributed by atoms with Crippen molar-refractivity contribution in [2.45, 2.75) is 55.4 Å². The van der Waals surface area contributed by atoms with Gasteiger partial charge in [-0.05, 0) is 165 Å². The molecular formula is C98H84O2S2. The molecule has 15 aromatic carbocycles. The third kappa shape index (κ3) is 18.0. The molecule has 0 fully saturated rings. The Morgan fingerprint density at radius 3 is 1.20 bits per heavy atom. The lowest BCUT2D eigenvalue weighted by Gasteiger charge is -2.04. The van der Waals surface area contributed by atoms with Gasteiger partial charge < -0.3 is 8.83 Å². The molecule has 0 amide bonds. The number of furan rings is 2. The summed E-state index contributed by atoms with van der Waals surface area (Å²) in [4.78, 5) is 0. The molecule has 2 nitrogen and oxygen atoms in total. The van der Waals surface area contributed by atoms with Crippen LogP contribution in [0.25, 0.3) is 118 Å². The largest absolute Gasteiger partial charge is 0.456 e. The van der Waals surface area contributed by atoms with Crippen LogP contribution in [0.3, 0.4) is 0 Å². The van der Waals surface area contributed by atoms with Crippen molar-refractivity contribution < 1.29 is 8.83 Å². The van der Waals surface area contributed by atoms with Gasteiger partial charge in [0.15, 0.2) is 0 Å². The van der Waals surface area contributed by atoms with E-state index in [-0.39, 0.29) is 0 Å². The van der Waals surface area contributed by atoms with Crippen molar-refractivity contribution in [2.75, 3.05) is 0 Å². The first-order chi connectivity index (χ1) is 49.9. The van der Waals surface area contributed by atoms with Crippen LogP contribution >= 0.6 is 22.7 Å². The minimum Gasteiger partial charge on any atom is -0.456 e. The lowest BCUT2D eigenvalue weighted by Crippen LogP contribution is -1.80. The lowest BCUT2D eigenvalue weighted by atomic mass is 10.0. The third-order valence-corrected chi connectivity index (χ3v) is 20.0. The fourth-order valence-corrected chi connectivity index (χ4v) is 14.8. The van der Waals surface area contributed by atoms with Crippen LogP contribution < -0.4 is 0 Å². The first-order valence-corrected chi connectivity index (χ1v) is 36.4. The summed E-state index contributed by atoms with van der Waals surface area (Å²) >= 11 is 3.75. The van der Waals surface area contributed by atoms with Gasteiger partial charge in [-0.2, -0.15) is 0 Å². The molecule has 102 heavy (non-hydrogen) atoms. The van der Waals surface area contributed by atoms with Gasteiger partial charge in [-0.3, -0.25) is 0 Å². The summed E-state index contributed by atoms with van der Waals surface area (Å²) in [5.74, 6) is 0. The minimum atomic E-state index is 0.966. The highest BCUT2D eigenvalue weighted by Crippen LogP contribution is 2.37. The van der Waals surface area contributed by atoms with Crippen LogP contribution in [0.2, 0.25) is 0 Å². The number of hydrogen-bond donors (Lipinski definition) is 0. The zero-order valence-corrected chi connectivity index (χ0v) is 60.9. The highest BCUT2D eigenvalue weighted by Gasteiger charge is 2.10. The molecule has 0 aliphatic heterocycles. The predicted octanol–water partition coefficient (Wildman–Crippen LogP) is 29.5. The highest BCUT2D eigenvalue weighted by molar-refractivity contribution is 7.26. The summed E-state index contributed by atoms with van der Waals surface area (Å²) in [5.41, 5.74) is 22.1. The van der Waals surface area contributed by atoms with Crippen LogP contribution in [0.1, 0.15) is 44.5 Å². The molecule has 0 radical (unpaired) electrons. The first kappa shape index (κ1) is 70.2. The van der Waals surface area contributed by atoms with Crippen LogP contribution in [-0.2, 0) is 0 Å². The molecule has 0 saturated heterocycles. The summed E-state index contributed by atoms with van der Waals surface area (Å²) in [7, 11) is 0. The van der Waals surface area contributed by atoms with Crippen molar-refractivity contribution >= 4 is 107 Å². The second-order valence-electron chi connectivity index (χ2n) is 25.6. The van der Waals surface area contributed by atoms with E-state index in [0.717, 1.165) is 22.3 Å². The maximum Gasteiger partial charge on any atom is 0.135 e. The smallest absolute Gasteiger partial charge is 0.135 e. The standard InChI is InChI=1S/2C13H10O.2C13H10S.3C13H12.C7H8/c1-9-5-4-8-12-13(9)10-6-2-3-7-11(10)14-12;1-9-6-7-11-10-4-2-3-5-12(10)14-13(11)8-9;1-9-5-4-8-12-13(9)10-6-2-3-7-11(10)14-12;1-9-6-7-11-10-4-2-3-5-12(10)14-13(11)8-9;1-11-7-5-6-10-13(11)12-8-3-2-4-9-12;1-11-6-5-9-13(10-11)12-7-3-2-4-8-12;1-11-7-9-13(10-8-11)12-5-3-2-4-6-12;1-7-5-3-2-4-6-7/h4*2-8H,1H3;3*2-10H,1H3;2-6H,1H3. The van der Waals surface area contributed by atoms with Crippen molar-refractivity contribution in [1.29, 1.82) is 0 Å². The molecule has 19 aromatic rings. The predicted molar refractivity (Wildman–Crippen MR) is 446 cm³/mol. The van der Waals surface area contributed by atoms with E-state index in [0.29, 0.717) is 0 Å². The summed E-state index contributed by atoms with van der Waals surface area (Å²) in [6.45, 7) is 17.0. The average molecular weight is 1360 g/mol. The molecule has 4 aromatic heterocycles. The maximum absolute atomic E-state index is 5.73. The van der Waals surface area contributed by atoms with Gasteiger partial charge in [-0.1, -0.05) is 332 Å². The topological polar surface area (TPSA) is 26.3 Å². The number of benzene rings is 15. The number of hydrogen-bond acceptors (Lipinski definition) is 4. The molecule has 500 valence electrons. The lowest BCUT2D eigenvalue weighted by molar-refractivity contribution is 0.668. The number of thiophene rings is 2. The van der Waals surface area contributed by atoms with Gasteiger partial charge in [0.25, 0.3) is 0 Å². The van der Waals surface area contributed by atoms with Crippen molar-refractivity contribution in [1.82, 2.24) is 0 Å². The van der Waals surface area contributed by atoms with Crippen molar-refractivity contribution in [3.8, 4) is 33.4 Å². The Morgan fingerprint density at radius 1 is 0.186 bits per heavy atom. The zero-order chi connectivity index (χ0) is 70.6. The fraction of sp³-hybridized carbons (Fsp3) is 0.0816. The van der Waals surface area contributed by atoms with Crippen molar-refractivity contribution in [3.05, 3.63) is 408 Å². The third-order valence-electron chi connectivity index (χ3n) is 17.7. The first-order valence-electron chi connectivity index (χ1n) is 34.8. The van der Waals surface area contributed by atoms with Gasteiger partial charge in [0, 0.05) is 61.9 Å². The van der Waals surface area contributed by atoms with E-state index in [1.165, 1.54) is 140 Å². The molecule has 0 N–H and O–H groups in total. The second kappa shape index (κ2) is 34.4. The summed E-state index contributed by atoms with van der Waals surface area (Å²) in [5, 5.41) is 10.4. The van der Waals surface area contributed by atoms with Crippen LogP contribution in [0.5, 0.6) is 0 Å². The molecule has 0 aliphatic carbocycles. The van der Waals surface area contributed by atoms with Gasteiger partial charge in [0.2, 0.25) is 0 Å². The van der Waals surface area contributed by atoms with E-state index >= 15 is 0 Å². The minimum absolute atomic E-state index is 0.966. The van der Waals surface area contributed by atoms with Crippen LogP contribution in [0.15, 0.2) is 373 Å². The molecule has 0 atom stereocenters. The van der Waals surface area contributed by atoms with Gasteiger partial charge in [0.1, 0.15) is 22.3 Å². The van der Waals surface area contributed by atoms with E-state index in [1.54, 1.807) is 0 Å². The Bertz CT molecular complexity index is 5620. The Labute approximate surface area is 608 Å². The van der Waals surface area contributed by atoms with E-state index in [4.69, 9.17) is 8.83 Å². The van der Waals surface area contributed by atoms with Crippen molar-refractivity contribution in [3.63, 3.8) is 0 Å². The normalized spacial score (nSPS) is 10.5.